The summed E-state index contributed by atoms with van der Waals surface area (Å²) in [4.78, 5) is 0. The molecule has 0 bridgehead atoms. The molecule has 0 amide bonds. The van der Waals surface area contributed by atoms with Crippen LogP contribution in [0, 0.1) is 5.92 Å². The molecule has 1 heterocycles. The topological polar surface area (TPSA) is 90.0 Å². The molecular weight excluding hydrogens is 456 g/mol. The number of rotatable bonds is 3. The number of nitrogens with zero attached hydrogens (tertiary/aromatic N) is 1. The molecular formula is C14H13F6NO6S2. The van der Waals surface area contributed by atoms with Crippen LogP contribution in [0.4, 0.5) is 26.3 Å². The van der Waals surface area contributed by atoms with Gasteiger partial charge < -0.3 is 9.47 Å². The smallest absolute Gasteiger partial charge is 0.343 e. The Balaban J connectivity index is 2.33. The molecule has 3 rings (SSSR count). The van der Waals surface area contributed by atoms with Gasteiger partial charge in [-0.2, -0.15) is 26.3 Å². The minimum absolute atomic E-state index is 0.0465. The Hall–Kier alpha value is -1.42. The lowest BCUT2D eigenvalue weighted by Crippen LogP contribution is -2.52. The zero-order chi connectivity index (χ0) is 22.0. The fraction of sp³-hybridized carbons (Fsp3) is 0.571. The first kappa shape index (κ1) is 22.3. The van der Waals surface area contributed by atoms with Crippen molar-refractivity contribution in [2.45, 2.75) is 29.8 Å². The minimum Gasteiger partial charge on any atom is -0.343 e. The Morgan fingerprint density at radius 2 is 1.38 bits per heavy atom. The Morgan fingerprint density at radius 3 is 1.83 bits per heavy atom. The Morgan fingerprint density at radius 1 is 0.931 bits per heavy atom. The van der Waals surface area contributed by atoms with Gasteiger partial charge in [-0.15, -0.1) is 0 Å². The van der Waals surface area contributed by atoms with Gasteiger partial charge in [0.1, 0.15) is 0 Å². The molecule has 2 unspecified atom stereocenters. The SMILES string of the molecule is CC1C(N(S(=O)(=O)C(F)(F)F)S(=O)(=O)C(F)(F)F)c2ccccc2C12OCCO2. The second-order valence-corrected chi connectivity index (χ2v) is 10.2. The predicted octanol–water partition coefficient (Wildman–Crippen LogP) is 2.58. The van der Waals surface area contributed by atoms with Crippen LogP contribution >= 0.6 is 0 Å². The summed E-state index contributed by atoms with van der Waals surface area (Å²) in [5.41, 5.74) is -13.1. The van der Waals surface area contributed by atoms with E-state index in [0.717, 1.165) is 13.0 Å². The van der Waals surface area contributed by atoms with Gasteiger partial charge in [0.15, 0.2) is 5.79 Å². The Kier molecular flexibility index (Phi) is 5.02. The summed E-state index contributed by atoms with van der Waals surface area (Å²) in [6.45, 7) is 0.896. The van der Waals surface area contributed by atoms with Crippen LogP contribution < -0.4 is 0 Å². The first-order valence-corrected chi connectivity index (χ1v) is 10.8. The van der Waals surface area contributed by atoms with Crippen molar-refractivity contribution < 1.29 is 52.7 Å². The number of alkyl halides is 6. The highest BCUT2D eigenvalue weighted by atomic mass is 32.3. The van der Waals surface area contributed by atoms with Crippen LogP contribution in [-0.4, -0.2) is 44.8 Å². The molecule has 1 aliphatic heterocycles. The van der Waals surface area contributed by atoms with Crippen LogP contribution in [0.25, 0.3) is 0 Å². The molecule has 1 aromatic rings. The van der Waals surface area contributed by atoms with Gasteiger partial charge in [0, 0.05) is 11.5 Å². The number of hydrogen-bond donors (Lipinski definition) is 0. The minimum atomic E-state index is -6.97. The van der Waals surface area contributed by atoms with Crippen molar-refractivity contribution in [3.05, 3.63) is 35.4 Å². The van der Waals surface area contributed by atoms with Crippen molar-refractivity contribution in [2.24, 2.45) is 5.92 Å². The van der Waals surface area contributed by atoms with E-state index >= 15 is 0 Å². The molecule has 7 nitrogen and oxygen atoms in total. The molecule has 1 spiro atoms. The van der Waals surface area contributed by atoms with Crippen LogP contribution in [-0.2, 0) is 35.3 Å². The average molecular weight is 469 g/mol. The lowest BCUT2D eigenvalue weighted by Gasteiger charge is -2.34. The lowest BCUT2D eigenvalue weighted by atomic mass is 9.99. The average Bonchev–Trinajstić information content (AvgIpc) is 3.14. The first-order valence-electron chi connectivity index (χ1n) is 7.88. The highest BCUT2D eigenvalue weighted by Crippen LogP contribution is 2.57. The molecule has 1 aliphatic carbocycles. The van der Waals surface area contributed by atoms with E-state index in [2.05, 4.69) is 0 Å². The molecule has 1 fully saturated rings. The van der Waals surface area contributed by atoms with Gasteiger partial charge in [-0.25, -0.2) is 16.8 Å². The molecule has 2 atom stereocenters. The molecule has 0 aromatic heterocycles. The van der Waals surface area contributed by atoms with E-state index < -0.39 is 58.1 Å². The molecule has 29 heavy (non-hydrogen) atoms. The maximum Gasteiger partial charge on any atom is 0.512 e. The van der Waals surface area contributed by atoms with E-state index in [0.29, 0.717) is 0 Å². The predicted molar refractivity (Wildman–Crippen MR) is 83.7 cm³/mol. The highest BCUT2D eigenvalue weighted by molar-refractivity contribution is 8.04. The zero-order valence-corrected chi connectivity index (χ0v) is 16.0. The third kappa shape index (κ3) is 3.05. The van der Waals surface area contributed by atoms with E-state index in [1.807, 2.05) is 0 Å². The summed E-state index contributed by atoms with van der Waals surface area (Å²) in [7, 11) is -13.9. The summed E-state index contributed by atoms with van der Waals surface area (Å²) in [6.07, 6.45) is 0. The molecule has 0 saturated carbocycles. The molecule has 164 valence electrons. The van der Waals surface area contributed by atoms with Crippen molar-refractivity contribution in [3.8, 4) is 0 Å². The van der Waals surface area contributed by atoms with Crippen molar-refractivity contribution in [3.63, 3.8) is 0 Å². The Labute approximate surface area is 161 Å². The van der Waals surface area contributed by atoms with Gasteiger partial charge in [-0.05, 0) is 5.56 Å². The zero-order valence-electron chi connectivity index (χ0n) is 14.4. The molecule has 2 aliphatic rings. The van der Waals surface area contributed by atoms with E-state index in [4.69, 9.17) is 9.47 Å². The van der Waals surface area contributed by atoms with Crippen LogP contribution in [0.5, 0.6) is 0 Å². The summed E-state index contributed by atoms with van der Waals surface area (Å²) >= 11 is 0. The fourth-order valence-corrected chi connectivity index (χ4v) is 6.71. The maximum absolute atomic E-state index is 13.2. The van der Waals surface area contributed by atoms with E-state index in [-0.39, 0.29) is 18.8 Å². The van der Waals surface area contributed by atoms with Crippen molar-refractivity contribution in [2.75, 3.05) is 13.2 Å². The monoisotopic (exact) mass is 469 g/mol. The van der Waals surface area contributed by atoms with Gasteiger partial charge in [-0.1, -0.05) is 34.9 Å². The summed E-state index contributed by atoms with van der Waals surface area (Å²) < 4.78 is 137. The van der Waals surface area contributed by atoms with E-state index in [1.54, 1.807) is 0 Å². The summed E-state index contributed by atoms with van der Waals surface area (Å²) in [5, 5.41) is 0. The Bertz CT molecular complexity index is 970. The number of sulfonamides is 2. The van der Waals surface area contributed by atoms with Gasteiger partial charge >= 0.3 is 31.1 Å². The van der Waals surface area contributed by atoms with E-state index in [9.17, 15) is 43.2 Å². The number of ether oxygens (including phenoxy) is 2. The van der Waals surface area contributed by atoms with Crippen molar-refractivity contribution in [1.82, 2.24) is 3.71 Å². The maximum atomic E-state index is 13.2. The third-order valence-corrected chi connectivity index (χ3v) is 8.48. The van der Waals surface area contributed by atoms with Crippen molar-refractivity contribution >= 4 is 20.0 Å². The van der Waals surface area contributed by atoms with Crippen LogP contribution in [0.15, 0.2) is 24.3 Å². The molecule has 0 N–H and O–H groups in total. The largest absolute Gasteiger partial charge is 0.512 e. The number of benzene rings is 1. The second kappa shape index (κ2) is 6.54. The molecule has 1 aromatic carbocycles. The fourth-order valence-electron chi connectivity index (χ4n) is 3.57. The lowest BCUT2D eigenvalue weighted by molar-refractivity contribution is -0.199. The number of halogens is 6. The second-order valence-electron chi connectivity index (χ2n) is 6.31. The number of fused-ring (bicyclic) bond motifs is 2. The third-order valence-electron chi connectivity index (χ3n) is 4.73. The molecule has 0 radical (unpaired) electrons. The summed E-state index contributed by atoms with van der Waals surface area (Å²) in [6, 6.07) is 2.48. The van der Waals surface area contributed by atoms with Crippen molar-refractivity contribution in [1.29, 1.82) is 0 Å². The standard InChI is InChI=1S/C14H13F6NO6S2/c1-8-11(9-4-2-3-5-10(9)12(8)26-6-7-27-12)21(28(22,23)13(15,16)17)29(24,25)14(18,19)20/h2-5,8,11H,6-7H2,1H3. The molecule has 1 saturated heterocycles. The number of hydrogen-bond acceptors (Lipinski definition) is 6. The van der Waals surface area contributed by atoms with Gasteiger partial charge in [0.2, 0.25) is 0 Å². The van der Waals surface area contributed by atoms with Gasteiger partial charge in [0.25, 0.3) is 0 Å². The van der Waals surface area contributed by atoms with Crippen LogP contribution in [0.3, 0.4) is 0 Å². The molecule has 15 heteroatoms. The normalized spacial score (nSPS) is 25.0. The summed E-state index contributed by atoms with van der Waals surface area (Å²) in [5.74, 6) is -3.45. The van der Waals surface area contributed by atoms with Crippen LogP contribution in [0.2, 0.25) is 0 Å². The van der Waals surface area contributed by atoms with E-state index in [1.165, 1.54) is 18.2 Å². The highest BCUT2D eigenvalue weighted by Gasteiger charge is 2.68. The van der Waals surface area contributed by atoms with Crippen LogP contribution in [0.1, 0.15) is 24.1 Å². The van der Waals surface area contributed by atoms with Gasteiger partial charge in [0.05, 0.1) is 19.3 Å². The van der Waals surface area contributed by atoms with Gasteiger partial charge in [-0.3, -0.25) is 0 Å². The first-order chi connectivity index (χ1) is 13.1. The quantitative estimate of drug-likeness (QED) is 0.633.